The smallest absolute Gasteiger partial charge is 0.356 e. The first-order chi connectivity index (χ1) is 12.8. The third-order valence-corrected chi connectivity index (χ3v) is 4.89. The molecule has 7 heteroatoms. The molecule has 0 saturated carbocycles. The van der Waals surface area contributed by atoms with E-state index in [1.54, 1.807) is 13.8 Å². The van der Waals surface area contributed by atoms with Gasteiger partial charge in [-0.05, 0) is 33.3 Å². The number of amides is 1. The molecule has 142 valence electrons. The van der Waals surface area contributed by atoms with Crippen LogP contribution in [0.3, 0.4) is 0 Å². The van der Waals surface area contributed by atoms with Crippen LogP contribution in [-0.4, -0.2) is 35.6 Å². The molecule has 1 N–H and O–H groups in total. The second kappa shape index (κ2) is 6.98. The molecular weight excluding hydrogens is 348 g/mol. The normalized spacial score (nSPS) is 24.4. The molecule has 0 bridgehead atoms. The lowest BCUT2D eigenvalue weighted by Gasteiger charge is -2.39. The van der Waals surface area contributed by atoms with E-state index in [1.165, 1.54) is 6.92 Å². The van der Waals surface area contributed by atoms with Crippen molar-refractivity contribution in [2.24, 2.45) is 5.16 Å². The minimum absolute atomic E-state index is 0.0339. The maximum Gasteiger partial charge on any atom is 0.356 e. The highest BCUT2D eigenvalue weighted by Gasteiger charge is 2.59. The zero-order valence-electron chi connectivity index (χ0n) is 15.8. The molecule has 1 amide bonds. The number of oxime groups is 1. The van der Waals surface area contributed by atoms with Gasteiger partial charge >= 0.3 is 5.97 Å². The minimum Gasteiger partial charge on any atom is -0.461 e. The molecule has 0 fully saturated rings. The van der Waals surface area contributed by atoms with Crippen LogP contribution in [0.4, 0.5) is 0 Å². The largest absolute Gasteiger partial charge is 0.461 e. The summed E-state index contributed by atoms with van der Waals surface area (Å²) in [6.45, 7) is 6.97. The minimum atomic E-state index is -1.50. The second-order valence-electron chi connectivity index (χ2n) is 6.81. The van der Waals surface area contributed by atoms with Gasteiger partial charge in [0.05, 0.1) is 18.9 Å². The molecule has 0 unspecified atom stereocenters. The highest BCUT2D eigenvalue weighted by molar-refractivity contribution is 6.37. The van der Waals surface area contributed by atoms with Crippen LogP contribution in [0.25, 0.3) is 0 Å². The van der Waals surface area contributed by atoms with Gasteiger partial charge in [0.1, 0.15) is 0 Å². The van der Waals surface area contributed by atoms with Crippen molar-refractivity contribution < 1.29 is 24.0 Å². The number of benzene rings is 1. The fourth-order valence-electron chi connectivity index (χ4n) is 3.64. The molecule has 1 aromatic carbocycles. The van der Waals surface area contributed by atoms with Gasteiger partial charge in [-0.15, -0.1) is 0 Å². The monoisotopic (exact) mass is 370 g/mol. The molecule has 0 radical (unpaired) electrons. The number of allylic oxidation sites excluding steroid dienone is 1. The van der Waals surface area contributed by atoms with E-state index in [1.807, 2.05) is 31.2 Å². The maximum absolute atomic E-state index is 13.0. The van der Waals surface area contributed by atoms with Gasteiger partial charge in [0.15, 0.2) is 11.5 Å². The number of aryl methyl sites for hydroxylation is 1. The predicted octanol–water partition coefficient (Wildman–Crippen LogP) is 2.15. The Morgan fingerprint density at radius 2 is 1.96 bits per heavy atom. The van der Waals surface area contributed by atoms with E-state index in [0.717, 1.165) is 11.1 Å². The van der Waals surface area contributed by atoms with Crippen molar-refractivity contribution in [2.45, 2.75) is 45.6 Å². The number of rotatable bonds is 4. The molecule has 2 aliphatic rings. The second-order valence-corrected chi connectivity index (χ2v) is 6.81. The number of nitrogens with one attached hydrogen (secondary N) is 1. The molecule has 2 heterocycles. The lowest BCUT2D eigenvalue weighted by molar-refractivity contribution is -0.147. The van der Waals surface area contributed by atoms with Gasteiger partial charge in [-0.1, -0.05) is 35.0 Å². The average Bonchev–Trinajstić information content (AvgIpc) is 3.05. The van der Waals surface area contributed by atoms with Crippen molar-refractivity contribution in [3.8, 4) is 0 Å². The van der Waals surface area contributed by atoms with E-state index in [4.69, 9.17) is 9.57 Å². The Labute approximate surface area is 157 Å². The van der Waals surface area contributed by atoms with Crippen molar-refractivity contribution in [2.75, 3.05) is 6.61 Å². The van der Waals surface area contributed by atoms with Crippen molar-refractivity contribution in [1.29, 1.82) is 0 Å². The lowest BCUT2D eigenvalue weighted by atomic mass is 9.70. The molecule has 1 aromatic rings. The van der Waals surface area contributed by atoms with Crippen molar-refractivity contribution >= 4 is 23.4 Å². The number of Topliss-reactive ketones (excluding diaryl/α,β-unsaturated/α-hetero) is 1. The van der Waals surface area contributed by atoms with Crippen LogP contribution >= 0.6 is 0 Å². The Hall–Kier alpha value is -2.96. The Bertz CT molecular complexity index is 869. The Morgan fingerprint density at radius 3 is 2.56 bits per heavy atom. The van der Waals surface area contributed by atoms with Crippen LogP contribution in [0.2, 0.25) is 0 Å². The van der Waals surface area contributed by atoms with Gasteiger partial charge in [-0.25, -0.2) is 4.79 Å². The molecule has 1 spiro atoms. The number of ether oxygens (including phenoxy) is 1. The third kappa shape index (κ3) is 3.13. The van der Waals surface area contributed by atoms with E-state index in [0.29, 0.717) is 11.3 Å². The summed E-state index contributed by atoms with van der Waals surface area (Å²) in [6.07, 6.45) is -0.0692. The molecule has 2 aliphatic heterocycles. The van der Waals surface area contributed by atoms with E-state index >= 15 is 0 Å². The molecule has 0 saturated heterocycles. The summed E-state index contributed by atoms with van der Waals surface area (Å²) in [6, 6.07) is 7.54. The Balaban J connectivity index is 2.11. The highest BCUT2D eigenvalue weighted by Crippen LogP contribution is 2.46. The fraction of sp³-hybridized carbons (Fsp3) is 0.400. The summed E-state index contributed by atoms with van der Waals surface area (Å²) in [7, 11) is 0. The molecule has 3 rings (SSSR count). The first-order valence-electron chi connectivity index (χ1n) is 8.82. The predicted molar refractivity (Wildman–Crippen MR) is 97.9 cm³/mol. The van der Waals surface area contributed by atoms with Crippen molar-refractivity contribution in [1.82, 2.24) is 5.32 Å². The summed E-state index contributed by atoms with van der Waals surface area (Å²) in [5.41, 5.74) is 1.26. The van der Waals surface area contributed by atoms with Crippen LogP contribution < -0.4 is 5.32 Å². The Morgan fingerprint density at radius 1 is 1.30 bits per heavy atom. The number of carbonyl (C=O) groups excluding carboxylic acids is 3. The number of ketones is 1. The zero-order chi connectivity index (χ0) is 19.8. The standard InChI is InChI=1S/C20H22N2O5/c1-5-26-18(24)15-10-20(27-22-15)17(14-8-6-11(2)7-9-14)16(13(4)23)12(3)21-19(20)25/h6-9,17H,5,10H2,1-4H3,(H,21,25)/t17-,20+/m0/s1. The summed E-state index contributed by atoms with van der Waals surface area (Å²) >= 11 is 0. The van der Waals surface area contributed by atoms with Crippen LogP contribution in [0.15, 0.2) is 40.7 Å². The zero-order valence-corrected chi connectivity index (χ0v) is 15.8. The molecule has 0 aliphatic carbocycles. The van der Waals surface area contributed by atoms with E-state index in [-0.39, 0.29) is 24.5 Å². The first kappa shape index (κ1) is 18.8. The van der Waals surface area contributed by atoms with Crippen molar-refractivity contribution in [3.63, 3.8) is 0 Å². The topological polar surface area (TPSA) is 94.1 Å². The number of carbonyl (C=O) groups is 3. The number of esters is 1. The van der Waals surface area contributed by atoms with Crippen LogP contribution in [0, 0.1) is 6.92 Å². The van der Waals surface area contributed by atoms with E-state index in [9.17, 15) is 14.4 Å². The van der Waals surface area contributed by atoms with Gasteiger partial charge < -0.3 is 14.9 Å². The van der Waals surface area contributed by atoms with Crippen LogP contribution in [0.1, 0.15) is 44.2 Å². The van der Waals surface area contributed by atoms with Crippen LogP contribution in [-0.2, 0) is 24.0 Å². The van der Waals surface area contributed by atoms with E-state index in [2.05, 4.69) is 10.5 Å². The number of nitrogens with zero attached hydrogens (tertiary/aromatic N) is 1. The SMILES string of the molecule is CCOC(=O)C1=NO[C@@]2(C1)C(=O)NC(C)=C(C(C)=O)[C@@H]2c1ccc(C)cc1. The number of hydrogen-bond acceptors (Lipinski definition) is 6. The lowest BCUT2D eigenvalue weighted by Crippen LogP contribution is -2.56. The van der Waals surface area contributed by atoms with Gasteiger partial charge in [0.25, 0.3) is 5.91 Å². The van der Waals surface area contributed by atoms with E-state index < -0.39 is 23.4 Å². The fourth-order valence-corrected chi connectivity index (χ4v) is 3.64. The van der Waals surface area contributed by atoms with Crippen LogP contribution in [0.5, 0.6) is 0 Å². The molecule has 27 heavy (non-hydrogen) atoms. The molecule has 7 nitrogen and oxygen atoms in total. The molecular formula is C20H22N2O5. The Kier molecular flexibility index (Phi) is 4.87. The third-order valence-electron chi connectivity index (χ3n) is 4.89. The van der Waals surface area contributed by atoms with Gasteiger partial charge in [0.2, 0.25) is 5.60 Å². The summed E-state index contributed by atoms with van der Waals surface area (Å²) in [5.74, 6) is -1.91. The average molecular weight is 370 g/mol. The van der Waals surface area contributed by atoms with Gasteiger partial charge in [-0.3, -0.25) is 9.59 Å². The molecule has 0 aromatic heterocycles. The summed E-state index contributed by atoms with van der Waals surface area (Å²) in [5, 5.41) is 6.56. The first-order valence-corrected chi connectivity index (χ1v) is 8.82. The molecule has 2 atom stereocenters. The van der Waals surface area contributed by atoms with Gasteiger partial charge in [-0.2, -0.15) is 0 Å². The van der Waals surface area contributed by atoms with Gasteiger partial charge in [0, 0.05) is 11.3 Å². The quantitative estimate of drug-likeness (QED) is 0.820. The van der Waals surface area contributed by atoms with Crippen molar-refractivity contribution in [3.05, 3.63) is 46.7 Å². The maximum atomic E-state index is 13.0. The summed E-state index contributed by atoms with van der Waals surface area (Å²) in [4.78, 5) is 43.1. The summed E-state index contributed by atoms with van der Waals surface area (Å²) < 4.78 is 4.99. The highest BCUT2D eigenvalue weighted by atomic mass is 16.7. The number of hydrogen-bond donors (Lipinski definition) is 1.